The van der Waals surface area contributed by atoms with E-state index >= 15 is 0 Å². The van der Waals surface area contributed by atoms with Crippen molar-refractivity contribution in [3.63, 3.8) is 0 Å². The van der Waals surface area contributed by atoms with Crippen LogP contribution in [0.3, 0.4) is 0 Å². The summed E-state index contributed by atoms with van der Waals surface area (Å²) in [6.45, 7) is 2.43. The Morgan fingerprint density at radius 2 is 1.81 bits per heavy atom. The Morgan fingerprint density at radius 3 is 2.19 bits per heavy atom. The summed E-state index contributed by atoms with van der Waals surface area (Å²) in [5.41, 5.74) is -0.517. The predicted molar refractivity (Wildman–Crippen MR) is 62.3 cm³/mol. The summed E-state index contributed by atoms with van der Waals surface area (Å²) in [4.78, 5) is 33.4. The molecule has 0 unspecified atom stereocenters. The number of allylic oxidation sites excluding steroid dienone is 1. The summed E-state index contributed by atoms with van der Waals surface area (Å²) >= 11 is 4.56. The molecule has 0 heterocycles. The molecule has 6 heteroatoms. The second kappa shape index (κ2) is 6.84. The molecule has 0 aromatic carbocycles. The monoisotopic (exact) mass is 243 g/mol. The minimum absolute atomic E-state index is 0.254. The normalized spacial score (nSPS) is 11.4. The van der Waals surface area contributed by atoms with Crippen molar-refractivity contribution in [1.82, 2.24) is 5.32 Å². The molecule has 0 fully saturated rings. The van der Waals surface area contributed by atoms with Crippen LogP contribution in [-0.4, -0.2) is 34.5 Å². The van der Waals surface area contributed by atoms with Crippen molar-refractivity contribution in [2.45, 2.75) is 20.3 Å². The molecule has 0 atom stereocenters. The average molecular weight is 243 g/mol. The molecular weight excluding hydrogens is 230 g/mol. The van der Waals surface area contributed by atoms with E-state index in [0.717, 1.165) is 13.8 Å². The molecule has 16 heavy (non-hydrogen) atoms. The highest BCUT2D eigenvalue weighted by atomic mass is 32.1. The van der Waals surface area contributed by atoms with E-state index in [1.807, 2.05) is 0 Å². The van der Waals surface area contributed by atoms with Crippen molar-refractivity contribution in [3.8, 4) is 0 Å². The number of aliphatic hydroxyl groups excluding tert-OH is 1. The fourth-order valence-corrected chi connectivity index (χ4v) is 1.06. The van der Waals surface area contributed by atoms with E-state index in [1.54, 1.807) is 0 Å². The summed E-state index contributed by atoms with van der Waals surface area (Å²) in [5.74, 6) is -2.97. The summed E-state index contributed by atoms with van der Waals surface area (Å²) in [5, 5.41) is 13.1. The molecule has 0 bridgehead atoms. The molecule has 0 aromatic rings. The van der Waals surface area contributed by atoms with Crippen LogP contribution in [0.2, 0.25) is 0 Å². The van der Waals surface area contributed by atoms with Gasteiger partial charge in [-0.3, -0.25) is 14.4 Å². The van der Waals surface area contributed by atoms with E-state index in [1.165, 1.54) is 5.37 Å². The zero-order valence-electron chi connectivity index (χ0n) is 9.07. The number of hydrogen-bond donors (Lipinski definition) is 2. The Bertz CT molecular complexity index is 360. The number of thiocarbonyl (C=S) groups is 1. The topological polar surface area (TPSA) is 83.5 Å². The number of aliphatic hydroxyl groups is 1. The van der Waals surface area contributed by atoms with Crippen molar-refractivity contribution in [2.24, 2.45) is 0 Å². The molecule has 0 spiro atoms. The van der Waals surface area contributed by atoms with E-state index in [2.05, 4.69) is 17.5 Å². The second-order valence-corrected chi connectivity index (χ2v) is 3.38. The van der Waals surface area contributed by atoms with E-state index in [-0.39, 0.29) is 6.54 Å². The van der Waals surface area contributed by atoms with Crippen molar-refractivity contribution >= 4 is 35.1 Å². The predicted octanol–water partition coefficient (Wildman–Crippen LogP) is 0.483. The van der Waals surface area contributed by atoms with Crippen LogP contribution in [0, 0.1) is 0 Å². The number of nitrogens with one attached hydrogen (secondary N) is 1. The Balaban J connectivity index is 4.88. The van der Waals surface area contributed by atoms with E-state index < -0.39 is 28.8 Å². The van der Waals surface area contributed by atoms with Gasteiger partial charge in [-0.1, -0.05) is 12.2 Å². The van der Waals surface area contributed by atoms with E-state index in [4.69, 9.17) is 0 Å². The van der Waals surface area contributed by atoms with Gasteiger partial charge >= 0.3 is 0 Å². The second-order valence-electron chi connectivity index (χ2n) is 3.05. The third kappa shape index (κ3) is 4.31. The van der Waals surface area contributed by atoms with Gasteiger partial charge in [-0.15, -0.1) is 0 Å². The van der Waals surface area contributed by atoms with Gasteiger partial charge in [-0.05, 0) is 18.7 Å². The maximum atomic E-state index is 11.5. The fraction of sp³-hybridized carbons (Fsp3) is 0.400. The van der Waals surface area contributed by atoms with Crippen LogP contribution in [0.15, 0.2) is 11.3 Å². The first-order valence-electron chi connectivity index (χ1n) is 4.58. The fourth-order valence-electron chi connectivity index (χ4n) is 0.943. The van der Waals surface area contributed by atoms with Gasteiger partial charge in [0, 0.05) is 13.5 Å². The first-order valence-corrected chi connectivity index (χ1v) is 5.05. The zero-order chi connectivity index (χ0) is 12.7. The number of rotatable bonds is 6. The Kier molecular flexibility index (Phi) is 6.17. The first kappa shape index (κ1) is 14.4. The van der Waals surface area contributed by atoms with Crippen LogP contribution >= 0.6 is 12.2 Å². The van der Waals surface area contributed by atoms with Crippen LogP contribution in [0.1, 0.15) is 20.3 Å². The molecule has 5 nitrogen and oxygen atoms in total. The lowest BCUT2D eigenvalue weighted by Gasteiger charge is -2.06. The van der Waals surface area contributed by atoms with Crippen LogP contribution in [-0.2, 0) is 14.4 Å². The minimum atomic E-state index is -0.813. The number of carbonyl (C=O) groups excluding carboxylic acids is 3. The summed E-state index contributed by atoms with van der Waals surface area (Å²) in [6.07, 6.45) is 0.465. The molecule has 0 aliphatic carbocycles. The minimum Gasteiger partial charge on any atom is -0.504 e. The van der Waals surface area contributed by atoms with Gasteiger partial charge in [-0.25, -0.2) is 0 Å². The molecule has 0 aromatic heterocycles. The van der Waals surface area contributed by atoms with Gasteiger partial charge in [-0.2, -0.15) is 0 Å². The quantitative estimate of drug-likeness (QED) is 0.177. The maximum Gasteiger partial charge on any atom is 0.258 e. The van der Waals surface area contributed by atoms with Gasteiger partial charge < -0.3 is 10.4 Å². The van der Waals surface area contributed by atoms with Gasteiger partial charge in [0.05, 0.1) is 0 Å². The highest BCUT2D eigenvalue weighted by Crippen LogP contribution is 2.04. The Hall–Kier alpha value is -1.56. The smallest absolute Gasteiger partial charge is 0.258 e. The van der Waals surface area contributed by atoms with Crippen molar-refractivity contribution in [1.29, 1.82) is 0 Å². The Morgan fingerprint density at radius 1 is 1.25 bits per heavy atom. The zero-order valence-corrected chi connectivity index (χ0v) is 9.89. The third-order valence-corrected chi connectivity index (χ3v) is 1.93. The van der Waals surface area contributed by atoms with Crippen molar-refractivity contribution < 1.29 is 19.5 Å². The molecule has 1 amide bonds. The third-order valence-electron chi connectivity index (χ3n) is 1.70. The molecule has 0 aliphatic heterocycles. The molecule has 0 rings (SSSR count). The number of Topliss-reactive ketones (excluding diaryl/α,β-unsaturated/α-hetero) is 2. The molecule has 0 saturated carbocycles. The number of ketones is 2. The SMILES string of the molecule is CC(=O)C(O)=C(C(C)=O)C(=O)NCCC=S. The number of amides is 1. The molecule has 88 valence electrons. The number of carbonyl (C=O) groups is 3. The summed E-state index contributed by atoms with van der Waals surface area (Å²) in [6, 6.07) is 0. The first-order chi connectivity index (χ1) is 7.41. The van der Waals surface area contributed by atoms with Crippen LogP contribution < -0.4 is 5.32 Å². The van der Waals surface area contributed by atoms with Crippen molar-refractivity contribution in [2.75, 3.05) is 6.54 Å². The molecule has 0 saturated heterocycles. The highest BCUT2D eigenvalue weighted by Gasteiger charge is 2.21. The largest absolute Gasteiger partial charge is 0.504 e. The maximum absolute atomic E-state index is 11.5. The van der Waals surface area contributed by atoms with Gasteiger partial charge in [0.15, 0.2) is 17.3 Å². The lowest BCUT2D eigenvalue weighted by atomic mass is 10.1. The lowest BCUT2D eigenvalue weighted by Crippen LogP contribution is -2.30. The van der Waals surface area contributed by atoms with Crippen LogP contribution in [0.25, 0.3) is 0 Å². The standard InChI is InChI=1S/C10H13NO4S/c1-6(12)8(9(14)7(2)13)10(15)11-4-3-5-16/h5,14H,3-4H2,1-2H3,(H,11,15). The van der Waals surface area contributed by atoms with Gasteiger partial charge in [0.2, 0.25) is 0 Å². The molecule has 0 aliphatic rings. The highest BCUT2D eigenvalue weighted by molar-refractivity contribution is 7.78. The molecule has 2 N–H and O–H groups in total. The van der Waals surface area contributed by atoms with E-state index in [0.29, 0.717) is 6.42 Å². The van der Waals surface area contributed by atoms with E-state index in [9.17, 15) is 19.5 Å². The van der Waals surface area contributed by atoms with Crippen molar-refractivity contribution in [3.05, 3.63) is 11.3 Å². The average Bonchev–Trinajstić information content (AvgIpc) is 2.17. The number of hydrogen-bond acceptors (Lipinski definition) is 5. The van der Waals surface area contributed by atoms with Crippen LogP contribution in [0.5, 0.6) is 0 Å². The van der Waals surface area contributed by atoms with Crippen LogP contribution in [0.4, 0.5) is 0 Å². The summed E-state index contributed by atoms with van der Waals surface area (Å²) in [7, 11) is 0. The lowest BCUT2D eigenvalue weighted by molar-refractivity contribution is -0.124. The summed E-state index contributed by atoms with van der Waals surface area (Å²) < 4.78 is 0. The molecule has 0 radical (unpaired) electrons. The van der Waals surface area contributed by atoms with Gasteiger partial charge in [0.1, 0.15) is 5.57 Å². The molecular formula is C10H13NO4S. The Labute approximate surface area is 98.5 Å². The van der Waals surface area contributed by atoms with Gasteiger partial charge in [0.25, 0.3) is 5.91 Å².